The number of sulfonamides is 1. The van der Waals surface area contributed by atoms with Gasteiger partial charge in [-0.25, -0.2) is 22.6 Å². The number of carbonyl (C=O) groups excluding carboxylic acids is 1. The molecular formula is C20H17FN2O5S. The average molecular weight is 416 g/mol. The molecule has 7 nitrogen and oxygen atoms in total. The molecule has 2 heterocycles. The lowest BCUT2D eigenvalue weighted by Crippen LogP contribution is -2.25. The van der Waals surface area contributed by atoms with E-state index in [4.69, 9.17) is 9.15 Å². The first-order valence-electron chi connectivity index (χ1n) is 8.91. The van der Waals surface area contributed by atoms with E-state index in [0.29, 0.717) is 30.0 Å². The van der Waals surface area contributed by atoms with Crippen LogP contribution >= 0.6 is 0 Å². The molecule has 1 aromatic heterocycles. The second kappa shape index (κ2) is 7.67. The first kappa shape index (κ1) is 19.1. The summed E-state index contributed by atoms with van der Waals surface area (Å²) in [6.45, 7) is 0.273. The molecule has 0 unspecified atom stereocenters. The summed E-state index contributed by atoms with van der Waals surface area (Å²) >= 11 is 0. The second-order valence-electron chi connectivity index (χ2n) is 6.49. The zero-order chi connectivity index (χ0) is 20.4. The Morgan fingerprint density at radius 3 is 2.52 bits per heavy atom. The molecule has 1 aliphatic heterocycles. The third-order valence-corrected chi connectivity index (χ3v) is 6.37. The van der Waals surface area contributed by atoms with Crippen LogP contribution in [0, 0.1) is 5.82 Å². The maximum atomic E-state index is 13.0. The highest BCUT2D eigenvalue weighted by Crippen LogP contribution is 2.25. The second-order valence-corrected chi connectivity index (χ2v) is 8.50. The number of nitrogens with zero attached hydrogens (tertiary/aromatic N) is 2. The summed E-state index contributed by atoms with van der Waals surface area (Å²) in [5, 5.41) is 0. The van der Waals surface area contributed by atoms with Gasteiger partial charge in [0.25, 0.3) is 0 Å². The van der Waals surface area contributed by atoms with E-state index in [1.807, 2.05) is 0 Å². The smallest absolute Gasteiger partial charge is 0.338 e. The third kappa shape index (κ3) is 4.14. The number of rotatable bonds is 5. The number of esters is 1. The lowest BCUT2D eigenvalue weighted by Gasteiger charge is -2.16. The molecule has 0 amide bonds. The molecule has 0 bridgehead atoms. The molecule has 150 valence electrons. The Hall–Kier alpha value is -3.20. The van der Waals surface area contributed by atoms with Crippen LogP contribution in [-0.4, -0.2) is 31.7 Å². The molecule has 0 saturated carbocycles. The normalized spacial score (nSPS) is 15.4. The van der Waals surface area contributed by atoms with Crippen LogP contribution in [0.4, 0.5) is 10.1 Å². The van der Waals surface area contributed by atoms with Crippen molar-refractivity contribution < 1.29 is 26.8 Å². The summed E-state index contributed by atoms with van der Waals surface area (Å²) in [4.78, 5) is 16.3. The zero-order valence-corrected chi connectivity index (χ0v) is 16.1. The van der Waals surface area contributed by atoms with Gasteiger partial charge in [-0.2, -0.15) is 0 Å². The number of halogens is 1. The quantitative estimate of drug-likeness (QED) is 0.593. The zero-order valence-electron chi connectivity index (χ0n) is 15.2. The molecule has 9 heteroatoms. The Morgan fingerprint density at radius 2 is 1.86 bits per heavy atom. The number of carbonyl (C=O) groups is 1. The number of anilines is 1. The molecule has 1 fully saturated rings. The summed E-state index contributed by atoms with van der Waals surface area (Å²) < 4.78 is 49.0. The fourth-order valence-electron chi connectivity index (χ4n) is 3.03. The van der Waals surface area contributed by atoms with Crippen LogP contribution in [0.1, 0.15) is 22.7 Å². The summed E-state index contributed by atoms with van der Waals surface area (Å²) in [6, 6.07) is 12.0. The van der Waals surface area contributed by atoms with Crippen molar-refractivity contribution >= 4 is 21.7 Å². The van der Waals surface area contributed by atoms with Gasteiger partial charge in [0.05, 0.1) is 23.2 Å². The van der Waals surface area contributed by atoms with E-state index in [1.165, 1.54) is 34.8 Å². The summed E-state index contributed by atoms with van der Waals surface area (Å²) in [5.41, 5.74) is 1.47. The Balaban J connectivity index is 1.38. The van der Waals surface area contributed by atoms with Crippen molar-refractivity contribution in [2.45, 2.75) is 13.0 Å². The van der Waals surface area contributed by atoms with E-state index in [0.717, 1.165) is 0 Å². The molecule has 3 aromatic rings. The van der Waals surface area contributed by atoms with Crippen LogP contribution in [0.15, 0.2) is 59.1 Å². The molecule has 1 saturated heterocycles. The van der Waals surface area contributed by atoms with E-state index < -0.39 is 16.0 Å². The van der Waals surface area contributed by atoms with Gasteiger partial charge < -0.3 is 9.15 Å². The Bertz CT molecular complexity index is 1120. The molecule has 2 aromatic carbocycles. The van der Waals surface area contributed by atoms with Crippen molar-refractivity contribution in [1.29, 1.82) is 0 Å². The van der Waals surface area contributed by atoms with Gasteiger partial charge in [0, 0.05) is 12.1 Å². The van der Waals surface area contributed by atoms with Gasteiger partial charge >= 0.3 is 5.97 Å². The van der Waals surface area contributed by atoms with E-state index in [9.17, 15) is 17.6 Å². The van der Waals surface area contributed by atoms with Crippen LogP contribution in [-0.2, 0) is 21.4 Å². The largest absolute Gasteiger partial charge is 0.452 e. The highest BCUT2D eigenvalue weighted by molar-refractivity contribution is 7.93. The third-order valence-electron chi connectivity index (χ3n) is 4.50. The van der Waals surface area contributed by atoms with E-state index in [1.54, 1.807) is 24.3 Å². The highest BCUT2D eigenvalue weighted by Gasteiger charge is 2.28. The maximum absolute atomic E-state index is 13.0. The topological polar surface area (TPSA) is 89.7 Å². The predicted molar refractivity (Wildman–Crippen MR) is 103 cm³/mol. The lowest BCUT2D eigenvalue weighted by atomic mass is 10.2. The number of ether oxygens (including phenoxy) is 1. The van der Waals surface area contributed by atoms with Gasteiger partial charge in [-0.15, -0.1) is 0 Å². The summed E-state index contributed by atoms with van der Waals surface area (Å²) in [6.07, 6.45) is 2.06. The highest BCUT2D eigenvalue weighted by atomic mass is 32.2. The minimum Gasteiger partial charge on any atom is -0.452 e. The van der Waals surface area contributed by atoms with E-state index >= 15 is 0 Å². The summed E-state index contributed by atoms with van der Waals surface area (Å²) in [5.74, 6) is -0.157. The van der Waals surface area contributed by atoms with Crippen LogP contribution in [0.2, 0.25) is 0 Å². The van der Waals surface area contributed by atoms with Crippen LogP contribution in [0.3, 0.4) is 0 Å². The molecule has 29 heavy (non-hydrogen) atoms. The van der Waals surface area contributed by atoms with Crippen LogP contribution in [0.25, 0.3) is 11.3 Å². The minimum absolute atomic E-state index is 0.132. The van der Waals surface area contributed by atoms with Crippen molar-refractivity contribution in [3.63, 3.8) is 0 Å². The van der Waals surface area contributed by atoms with E-state index in [-0.39, 0.29) is 29.6 Å². The van der Waals surface area contributed by atoms with Gasteiger partial charge in [-0.05, 0) is 55.0 Å². The molecule has 0 N–H and O–H groups in total. The SMILES string of the molecule is O=C(OCc1ncc(-c2ccc(F)cc2)o1)c1ccc(N2CCCS2(=O)=O)cc1. The number of hydrogen-bond acceptors (Lipinski definition) is 6. The molecule has 1 aliphatic rings. The van der Waals surface area contributed by atoms with Crippen molar-refractivity contribution in [2.75, 3.05) is 16.6 Å². The monoisotopic (exact) mass is 416 g/mol. The molecule has 4 rings (SSSR count). The number of oxazole rings is 1. The predicted octanol–water partition coefficient (Wildman–Crippen LogP) is 3.38. The maximum Gasteiger partial charge on any atom is 0.338 e. The van der Waals surface area contributed by atoms with Crippen LogP contribution in [0.5, 0.6) is 0 Å². The molecule has 0 spiro atoms. The lowest BCUT2D eigenvalue weighted by molar-refractivity contribution is 0.0439. The first-order valence-corrected chi connectivity index (χ1v) is 10.5. The van der Waals surface area contributed by atoms with E-state index in [2.05, 4.69) is 4.98 Å². The van der Waals surface area contributed by atoms with Crippen molar-refractivity contribution in [1.82, 2.24) is 4.98 Å². The fraction of sp³-hybridized carbons (Fsp3) is 0.200. The number of hydrogen-bond donors (Lipinski definition) is 0. The Morgan fingerprint density at radius 1 is 1.14 bits per heavy atom. The molecule has 0 aliphatic carbocycles. The standard InChI is InChI=1S/C20H17FN2O5S/c21-16-6-2-14(3-7-16)18-12-22-19(28-18)13-27-20(24)15-4-8-17(9-5-15)23-10-1-11-29(23,25)26/h2-9,12H,1,10-11,13H2. The van der Waals surface area contributed by atoms with Crippen molar-refractivity contribution in [3.8, 4) is 11.3 Å². The molecule has 0 radical (unpaired) electrons. The van der Waals surface area contributed by atoms with Gasteiger partial charge in [-0.1, -0.05) is 0 Å². The number of aromatic nitrogens is 1. The van der Waals surface area contributed by atoms with Crippen molar-refractivity contribution in [2.24, 2.45) is 0 Å². The summed E-state index contributed by atoms with van der Waals surface area (Å²) in [7, 11) is -3.27. The minimum atomic E-state index is -3.27. The number of benzene rings is 2. The first-order chi connectivity index (χ1) is 13.9. The Labute approximate surface area is 166 Å². The molecule has 0 atom stereocenters. The van der Waals surface area contributed by atoms with Crippen molar-refractivity contribution in [3.05, 3.63) is 72.0 Å². The van der Waals surface area contributed by atoms with Crippen LogP contribution < -0.4 is 4.31 Å². The van der Waals surface area contributed by atoms with Gasteiger partial charge in [-0.3, -0.25) is 4.31 Å². The molecular weight excluding hydrogens is 399 g/mol. The van der Waals surface area contributed by atoms with Gasteiger partial charge in [0.15, 0.2) is 12.4 Å². The Kier molecular flexibility index (Phi) is 5.06. The van der Waals surface area contributed by atoms with Gasteiger partial charge in [0.1, 0.15) is 5.82 Å². The fourth-order valence-corrected chi connectivity index (χ4v) is 4.59. The average Bonchev–Trinajstić information content (AvgIpc) is 3.33. The van der Waals surface area contributed by atoms with Gasteiger partial charge in [0.2, 0.25) is 15.9 Å².